The number of rotatable bonds is 8. The molecular formula is C30H38N2O2. The highest BCUT2D eigenvalue weighted by molar-refractivity contribution is 5.38. The Morgan fingerprint density at radius 3 is 1.85 bits per heavy atom. The molecule has 1 aliphatic heterocycles. The van der Waals surface area contributed by atoms with Crippen molar-refractivity contribution in [2.75, 3.05) is 39.3 Å². The van der Waals surface area contributed by atoms with E-state index in [0.717, 1.165) is 31.9 Å². The van der Waals surface area contributed by atoms with Gasteiger partial charge >= 0.3 is 0 Å². The van der Waals surface area contributed by atoms with Crippen molar-refractivity contribution in [1.82, 2.24) is 9.80 Å². The third-order valence-electron chi connectivity index (χ3n) is 6.60. The standard InChI is InChI=1S/C30H38N2O2/c1-30(2,3)27-16-10-11-17-28(27)34-23-26(33)22-31-18-20-32(21-19-31)29(24-12-6-4-7-13-24)25-14-8-5-9-15-25/h4-17,26,29,33H,18-23H2,1-3H3/t26-/m0/s1. The van der Waals surface area contributed by atoms with E-state index in [2.05, 4.69) is 97.3 Å². The average molecular weight is 459 g/mol. The lowest BCUT2D eigenvalue weighted by Gasteiger charge is -2.40. The normalized spacial score (nSPS) is 16.5. The Morgan fingerprint density at radius 2 is 1.29 bits per heavy atom. The van der Waals surface area contributed by atoms with Crippen molar-refractivity contribution in [1.29, 1.82) is 0 Å². The number of piperazine rings is 1. The highest BCUT2D eigenvalue weighted by Crippen LogP contribution is 2.31. The summed E-state index contributed by atoms with van der Waals surface area (Å²) in [6, 6.07) is 29.9. The van der Waals surface area contributed by atoms with Crippen molar-refractivity contribution in [2.24, 2.45) is 0 Å². The van der Waals surface area contributed by atoms with Gasteiger partial charge < -0.3 is 9.84 Å². The van der Waals surface area contributed by atoms with Crippen LogP contribution >= 0.6 is 0 Å². The summed E-state index contributed by atoms with van der Waals surface area (Å²) in [5.74, 6) is 0.868. The molecule has 0 spiro atoms. The van der Waals surface area contributed by atoms with Crippen LogP contribution in [-0.2, 0) is 5.41 Å². The summed E-state index contributed by atoms with van der Waals surface area (Å²) in [5, 5.41) is 10.7. The first-order valence-corrected chi connectivity index (χ1v) is 12.4. The minimum Gasteiger partial charge on any atom is -0.491 e. The van der Waals surface area contributed by atoms with E-state index in [4.69, 9.17) is 4.74 Å². The van der Waals surface area contributed by atoms with Crippen LogP contribution in [0.5, 0.6) is 5.75 Å². The predicted molar refractivity (Wildman–Crippen MR) is 139 cm³/mol. The van der Waals surface area contributed by atoms with Crippen LogP contribution in [0.2, 0.25) is 0 Å². The molecule has 0 saturated carbocycles. The third kappa shape index (κ3) is 6.26. The smallest absolute Gasteiger partial charge is 0.123 e. The van der Waals surface area contributed by atoms with Crippen LogP contribution in [-0.4, -0.2) is 60.3 Å². The number of hydrogen-bond donors (Lipinski definition) is 1. The number of aliphatic hydroxyl groups excluding tert-OH is 1. The number of ether oxygens (including phenoxy) is 1. The molecule has 1 saturated heterocycles. The zero-order valence-corrected chi connectivity index (χ0v) is 20.7. The molecule has 4 heteroatoms. The van der Waals surface area contributed by atoms with Crippen molar-refractivity contribution in [3.05, 3.63) is 102 Å². The molecule has 1 N–H and O–H groups in total. The molecule has 0 unspecified atom stereocenters. The zero-order valence-electron chi connectivity index (χ0n) is 20.7. The molecule has 1 heterocycles. The maximum absolute atomic E-state index is 10.7. The van der Waals surface area contributed by atoms with Gasteiger partial charge in [0, 0.05) is 32.7 Å². The van der Waals surface area contributed by atoms with Gasteiger partial charge in [-0.05, 0) is 28.2 Å². The minimum absolute atomic E-state index is 0.00587. The molecular weight excluding hydrogens is 420 g/mol. The van der Waals surface area contributed by atoms with Crippen LogP contribution in [0.4, 0.5) is 0 Å². The van der Waals surface area contributed by atoms with E-state index in [-0.39, 0.29) is 11.5 Å². The Bertz CT molecular complexity index is 969. The fourth-order valence-electron chi connectivity index (χ4n) is 4.84. The molecule has 1 aliphatic rings. The predicted octanol–water partition coefficient (Wildman–Crippen LogP) is 5.13. The van der Waals surface area contributed by atoms with E-state index in [9.17, 15) is 5.11 Å². The van der Waals surface area contributed by atoms with E-state index in [1.807, 2.05) is 18.2 Å². The average Bonchev–Trinajstić information content (AvgIpc) is 2.85. The quantitative estimate of drug-likeness (QED) is 0.508. The van der Waals surface area contributed by atoms with Crippen molar-refractivity contribution >= 4 is 0 Å². The summed E-state index contributed by atoms with van der Waals surface area (Å²) < 4.78 is 6.05. The summed E-state index contributed by atoms with van der Waals surface area (Å²) in [6.07, 6.45) is -0.515. The Hall–Kier alpha value is -2.66. The molecule has 0 aliphatic carbocycles. The van der Waals surface area contributed by atoms with E-state index in [0.29, 0.717) is 13.2 Å². The van der Waals surface area contributed by atoms with E-state index in [1.54, 1.807) is 0 Å². The number of β-amino-alcohol motifs (C(OH)–C–C–N with tert-alkyl or cyclic N) is 1. The van der Waals surface area contributed by atoms with Gasteiger partial charge in [0.05, 0.1) is 6.04 Å². The lowest BCUT2D eigenvalue weighted by Crippen LogP contribution is -2.50. The summed E-state index contributed by atoms with van der Waals surface area (Å²) in [4.78, 5) is 4.91. The van der Waals surface area contributed by atoms with Gasteiger partial charge in [0.15, 0.2) is 0 Å². The van der Waals surface area contributed by atoms with Gasteiger partial charge in [-0.25, -0.2) is 0 Å². The second-order valence-electron chi connectivity index (χ2n) is 10.3. The van der Waals surface area contributed by atoms with Crippen molar-refractivity contribution < 1.29 is 9.84 Å². The zero-order chi connectivity index (χ0) is 24.0. The topological polar surface area (TPSA) is 35.9 Å². The Morgan fingerprint density at radius 1 is 0.765 bits per heavy atom. The van der Waals surface area contributed by atoms with Gasteiger partial charge in [-0.15, -0.1) is 0 Å². The van der Waals surface area contributed by atoms with Gasteiger partial charge in [-0.3, -0.25) is 9.80 Å². The minimum atomic E-state index is -0.515. The second-order valence-corrected chi connectivity index (χ2v) is 10.3. The van der Waals surface area contributed by atoms with Crippen LogP contribution in [0.25, 0.3) is 0 Å². The molecule has 1 atom stereocenters. The molecule has 0 bridgehead atoms. The van der Waals surface area contributed by atoms with E-state index < -0.39 is 6.10 Å². The number of nitrogens with zero attached hydrogens (tertiary/aromatic N) is 2. The maximum atomic E-state index is 10.7. The molecule has 4 nitrogen and oxygen atoms in total. The highest BCUT2D eigenvalue weighted by atomic mass is 16.5. The van der Waals surface area contributed by atoms with Crippen molar-refractivity contribution in [3.8, 4) is 5.75 Å². The first-order chi connectivity index (χ1) is 16.4. The lowest BCUT2D eigenvalue weighted by molar-refractivity contribution is 0.0397. The van der Waals surface area contributed by atoms with Crippen LogP contribution in [0.15, 0.2) is 84.9 Å². The highest BCUT2D eigenvalue weighted by Gasteiger charge is 2.27. The molecule has 0 radical (unpaired) electrons. The number of benzene rings is 3. The monoisotopic (exact) mass is 458 g/mol. The second kappa shape index (κ2) is 11.2. The SMILES string of the molecule is CC(C)(C)c1ccccc1OC[C@@H](O)CN1CCN(C(c2ccccc2)c2ccccc2)CC1. The van der Waals surface area contributed by atoms with Crippen molar-refractivity contribution in [3.63, 3.8) is 0 Å². The molecule has 1 fully saturated rings. The Labute approximate surface area is 204 Å². The molecule has 3 aromatic carbocycles. The first-order valence-electron chi connectivity index (χ1n) is 12.4. The van der Waals surface area contributed by atoms with Crippen LogP contribution < -0.4 is 4.74 Å². The van der Waals surface area contributed by atoms with Crippen LogP contribution in [0.1, 0.15) is 43.5 Å². The van der Waals surface area contributed by atoms with E-state index >= 15 is 0 Å². The summed E-state index contributed by atoms with van der Waals surface area (Å²) in [7, 11) is 0. The molecule has 0 aromatic heterocycles. The number of hydrogen-bond acceptors (Lipinski definition) is 4. The van der Waals surface area contributed by atoms with Gasteiger partial charge in [0.2, 0.25) is 0 Å². The van der Waals surface area contributed by atoms with Gasteiger partial charge in [0.1, 0.15) is 18.5 Å². The first kappa shape index (κ1) is 24.5. The lowest BCUT2D eigenvalue weighted by atomic mass is 9.86. The molecule has 34 heavy (non-hydrogen) atoms. The van der Waals surface area contributed by atoms with Gasteiger partial charge in [0.25, 0.3) is 0 Å². The number of aliphatic hydroxyl groups is 1. The molecule has 4 rings (SSSR count). The maximum Gasteiger partial charge on any atom is 0.123 e. The largest absolute Gasteiger partial charge is 0.491 e. The van der Waals surface area contributed by atoms with E-state index in [1.165, 1.54) is 16.7 Å². The molecule has 180 valence electrons. The molecule has 0 amide bonds. The van der Waals surface area contributed by atoms with Crippen LogP contribution in [0.3, 0.4) is 0 Å². The Kier molecular flexibility index (Phi) is 8.04. The van der Waals surface area contributed by atoms with Gasteiger partial charge in [-0.2, -0.15) is 0 Å². The van der Waals surface area contributed by atoms with Gasteiger partial charge in [-0.1, -0.05) is 99.6 Å². The third-order valence-corrected chi connectivity index (χ3v) is 6.60. The number of para-hydroxylation sites is 1. The van der Waals surface area contributed by atoms with Crippen molar-refractivity contribution in [2.45, 2.75) is 38.3 Å². The fourth-order valence-corrected chi connectivity index (χ4v) is 4.84. The molecule has 3 aromatic rings. The summed E-state index contributed by atoms with van der Waals surface area (Å²) in [6.45, 7) is 11.3. The summed E-state index contributed by atoms with van der Waals surface area (Å²) in [5.41, 5.74) is 3.83. The van der Waals surface area contributed by atoms with Crippen LogP contribution in [0, 0.1) is 0 Å². The fraction of sp³-hybridized carbons (Fsp3) is 0.400. The summed E-state index contributed by atoms with van der Waals surface area (Å²) >= 11 is 0. The Balaban J connectivity index is 1.33.